The summed E-state index contributed by atoms with van der Waals surface area (Å²) in [5.41, 5.74) is 0.530. The van der Waals surface area contributed by atoms with Crippen molar-refractivity contribution >= 4 is 23.4 Å². The second-order valence-electron chi connectivity index (χ2n) is 5.61. The molecule has 114 valence electrons. The topological polar surface area (TPSA) is 40.6 Å². The van der Waals surface area contributed by atoms with Crippen LogP contribution in [0, 0.1) is 5.92 Å². The van der Waals surface area contributed by atoms with Gasteiger partial charge in [0, 0.05) is 32.1 Å². The van der Waals surface area contributed by atoms with E-state index in [9.17, 15) is 9.59 Å². The molecule has 0 radical (unpaired) electrons. The van der Waals surface area contributed by atoms with Gasteiger partial charge in [0.05, 0.1) is 10.6 Å². The van der Waals surface area contributed by atoms with Gasteiger partial charge in [-0.05, 0) is 18.6 Å². The van der Waals surface area contributed by atoms with Crippen LogP contribution < -0.4 is 0 Å². The van der Waals surface area contributed by atoms with E-state index in [4.69, 9.17) is 11.6 Å². The van der Waals surface area contributed by atoms with Crippen LogP contribution in [-0.4, -0.2) is 47.8 Å². The maximum absolute atomic E-state index is 12.5. The van der Waals surface area contributed by atoms with Gasteiger partial charge in [0.1, 0.15) is 0 Å². The SMILES string of the molecule is CC(C)C(=O)N1CCCN(C(=O)c2ccccc2Cl)CC1. The number of hydrogen-bond acceptors (Lipinski definition) is 2. The quantitative estimate of drug-likeness (QED) is 0.843. The van der Waals surface area contributed by atoms with Crippen LogP contribution >= 0.6 is 11.6 Å². The third-order valence-corrected chi connectivity index (χ3v) is 4.02. The molecule has 0 bridgehead atoms. The van der Waals surface area contributed by atoms with Gasteiger partial charge in [-0.2, -0.15) is 0 Å². The third-order valence-electron chi connectivity index (χ3n) is 3.69. The molecule has 0 aromatic heterocycles. The number of carbonyl (C=O) groups is 2. The van der Waals surface area contributed by atoms with Crippen molar-refractivity contribution in [3.63, 3.8) is 0 Å². The first-order valence-corrected chi connectivity index (χ1v) is 7.71. The van der Waals surface area contributed by atoms with E-state index >= 15 is 0 Å². The molecule has 0 unspecified atom stereocenters. The van der Waals surface area contributed by atoms with E-state index in [-0.39, 0.29) is 17.7 Å². The lowest BCUT2D eigenvalue weighted by atomic mass is 10.2. The molecule has 1 heterocycles. The molecule has 0 N–H and O–H groups in total. The van der Waals surface area contributed by atoms with Gasteiger partial charge in [-0.15, -0.1) is 0 Å². The van der Waals surface area contributed by atoms with Crippen LogP contribution in [0.25, 0.3) is 0 Å². The number of benzene rings is 1. The molecule has 0 aliphatic carbocycles. The largest absolute Gasteiger partial charge is 0.341 e. The van der Waals surface area contributed by atoms with Crippen molar-refractivity contribution in [2.24, 2.45) is 5.92 Å². The molecule has 2 rings (SSSR count). The van der Waals surface area contributed by atoms with E-state index in [2.05, 4.69) is 0 Å². The number of hydrogen-bond donors (Lipinski definition) is 0. The molecular formula is C16H21ClN2O2. The van der Waals surface area contributed by atoms with Crippen molar-refractivity contribution in [3.05, 3.63) is 34.9 Å². The Kier molecular flexibility index (Phi) is 5.23. The summed E-state index contributed by atoms with van der Waals surface area (Å²) < 4.78 is 0. The van der Waals surface area contributed by atoms with E-state index in [0.29, 0.717) is 36.8 Å². The maximum Gasteiger partial charge on any atom is 0.255 e. The second-order valence-corrected chi connectivity index (χ2v) is 6.01. The Morgan fingerprint density at radius 1 is 1.05 bits per heavy atom. The van der Waals surface area contributed by atoms with Gasteiger partial charge in [0.15, 0.2) is 0 Å². The molecule has 4 nitrogen and oxygen atoms in total. The van der Waals surface area contributed by atoms with Gasteiger partial charge in [-0.3, -0.25) is 9.59 Å². The average Bonchev–Trinajstić information content (AvgIpc) is 2.72. The number of carbonyl (C=O) groups excluding carboxylic acids is 2. The zero-order valence-electron chi connectivity index (χ0n) is 12.5. The molecule has 1 aliphatic rings. The highest BCUT2D eigenvalue weighted by Gasteiger charge is 2.24. The summed E-state index contributed by atoms with van der Waals surface area (Å²) in [6, 6.07) is 7.09. The van der Waals surface area contributed by atoms with Crippen LogP contribution in [0.5, 0.6) is 0 Å². The summed E-state index contributed by atoms with van der Waals surface area (Å²) in [5, 5.41) is 0.474. The maximum atomic E-state index is 12.5. The fourth-order valence-corrected chi connectivity index (χ4v) is 2.73. The average molecular weight is 309 g/mol. The molecule has 1 saturated heterocycles. The molecular weight excluding hydrogens is 288 g/mol. The normalized spacial score (nSPS) is 16.0. The first-order chi connectivity index (χ1) is 10.0. The fraction of sp³-hybridized carbons (Fsp3) is 0.500. The minimum absolute atomic E-state index is 0.00387. The lowest BCUT2D eigenvalue weighted by Crippen LogP contribution is -2.39. The standard InChI is InChI=1S/C16H21ClN2O2/c1-12(2)15(20)18-8-5-9-19(11-10-18)16(21)13-6-3-4-7-14(13)17/h3-4,6-7,12H,5,8-11H2,1-2H3. The van der Waals surface area contributed by atoms with Crippen LogP contribution in [0.4, 0.5) is 0 Å². The number of halogens is 1. The van der Waals surface area contributed by atoms with Crippen molar-refractivity contribution in [2.45, 2.75) is 20.3 Å². The lowest BCUT2D eigenvalue weighted by Gasteiger charge is -2.23. The Bertz CT molecular complexity index is 531. The Labute approximate surface area is 130 Å². The van der Waals surface area contributed by atoms with Gasteiger partial charge < -0.3 is 9.80 Å². The van der Waals surface area contributed by atoms with Crippen LogP contribution in [0.3, 0.4) is 0 Å². The molecule has 0 spiro atoms. The first-order valence-electron chi connectivity index (χ1n) is 7.33. The van der Waals surface area contributed by atoms with E-state index in [0.717, 1.165) is 6.42 Å². The Balaban J connectivity index is 2.05. The van der Waals surface area contributed by atoms with Gasteiger partial charge >= 0.3 is 0 Å². The van der Waals surface area contributed by atoms with Crippen molar-refractivity contribution in [1.82, 2.24) is 9.80 Å². The molecule has 0 saturated carbocycles. The third kappa shape index (κ3) is 3.76. The molecule has 21 heavy (non-hydrogen) atoms. The smallest absolute Gasteiger partial charge is 0.255 e. The second kappa shape index (κ2) is 6.94. The molecule has 0 atom stereocenters. The van der Waals surface area contributed by atoms with Crippen LogP contribution in [0.2, 0.25) is 5.02 Å². The molecule has 2 amide bonds. The predicted octanol–water partition coefficient (Wildman–Crippen LogP) is 2.67. The van der Waals surface area contributed by atoms with Crippen molar-refractivity contribution in [3.8, 4) is 0 Å². The molecule has 1 aromatic rings. The summed E-state index contributed by atoms with van der Waals surface area (Å²) in [6.07, 6.45) is 0.800. The van der Waals surface area contributed by atoms with Gasteiger partial charge in [0.2, 0.25) is 5.91 Å². The minimum Gasteiger partial charge on any atom is -0.341 e. The van der Waals surface area contributed by atoms with Crippen molar-refractivity contribution in [1.29, 1.82) is 0 Å². The zero-order chi connectivity index (χ0) is 15.4. The highest BCUT2D eigenvalue weighted by molar-refractivity contribution is 6.33. The van der Waals surface area contributed by atoms with E-state index < -0.39 is 0 Å². The molecule has 5 heteroatoms. The van der Waals surface area contributed by atoms with E-state index in [1.54, 1.807) is 17.0 Å². The Morgan fingerprint density at radius 2 is 1.67 bits per heavy atom. The Morgan fingerprint density at radius 3 is 2.33 bits per heavy atom. The number of nitrogens with zero attached hydrogens (tertiary/aromatic N) is 2. The molecule has 1 fully saturated rings. The first kappa shape index (κ1) is 15.8. The minimum atomic E-state index is -0.0561. The highest BCUT2D eigenvalue weighted by atomic mass is 35.5. The molecule has 1 aliphatic heterocycles. The van der Waals surface area contributed by atoms with Gasteiger partial charge in [-0.25, -0.2) is 0 Å². The van der Waals surface area contributed by atoms with Crippen molar-refractivity contribution in [2.75, 3.05) is 26.2 Å². The van der Waals surface area contributed by atoms with Crippen LogP contribution in [0.15, 0.2) is 24.3 Å². The number of rotatable bonds is 2. The van der Waals surface area contributed by atoms with Gasteiger partial charge in [-0.1, -0.05) is 37.6 Å². The molecule has 1 aromatic carbocycles. The summed E-state index contributed by atoms with van der Waals surface area (Å²) >= 11 is 6.09. The zero-order valence-corrected chi connectivity index (χ0v) is 13.3. The number of amides is 2. The summed E-state index contributed by atoms with van der Waals surface area (Å²) in [6.45, 7) is 6.32. The Hall–Kier alpha value is -1.55. The summed E-state index contributed by atoms with van der Waals surface area (Å²) in [4.78, 5) is 28.2. The summed E-state index contributed by atoms with van der Waals surface area (Å²) in [7, 11) is 0. The monoisotopic (exact) mass is 308 g/mol. The van der Waals surface area contributed by atoms with E-state index in [1.165, 1.54) is 0 Å². The highest BCUT2D eigenvalue weighted by Crippen LogP contribution is 2.18. The van der Waals surface area contributed by atoms with Gasteiger partial charge in [0.25, 0.3) is 5.91 Å². The van der Waals surface area contributed by atoms with E-state index in [1.807, 2.05) is 30.9 Å². The van der Waals surface area contributed by atoms with Crippen LogP contribution in [0.1, 0.15) is 30.6 Å². The summed E-state index contributed by atoms with van der Waals surface area (Å²) in [5.74, 6) is 0.0947. The predicted molar refractivity (Wildman–Crippen MR) is 83.4 cm³/mol. The fourth-order valence-electron chi connectivity index (χ4n) is 2.51. The lowest BCUT2D eigenvalue weighted by molar-refractivity contribution is -0.134. The van der Waals surface area contributed by atoms with Crippen molar-refractivity contribution < 1.29 is 9.59 Å². The van der Waals surface area contributed by atoms with Crippen LogP contribution in [-0.2, 0) is 4.79 Å².